The summed E-state index contributed by atoms with van der Waals surface area (Å²) in [4.78, 5) is 25.1. The Balaban J connectivity index is 1.90. The van der Waals surface area contributed by atoms with Crippen LogP contribution in [0.3, 0.4) is 0 Å². The van der Waals surface area contributed by atoms with Gasteiger partial charge >= 0.3 is 12.1 Å². The lowest BCUT2D eigenvalue weighted by Crippen LogP contribution is -2.41. The maximum absolute atomic E-state index is 12.1. The highest BCUT2D eigenvalue weighted by atomic mass is 16.6. The van der Waals surface area contributed by atoms with Crippen LogP contribution in [0.1, 0.15) is 40.0 Å². The van der Waals surface area contributed by atoms with Gasteiger partial charge in [0.05, 0.1) is 7.11 Å². The Hall–Kier alpha value is -2.30. The molecule has 1 fully saturated rings. The molecule has 0 aromatic heterocycles. The lowest BCUT2D eigenvalue weighted by atomic mass is 9.91. The fraction of sp³-hybridized carbons (Fsp3) is 0.524. The molecule has 142 valence electrons. The van der Waals surface area contributed by atoms with E-state index < -0.39 is 5.60 Å². The third kappa shape index (κ3) is 6.54. The van der Waals surface area contributed by atoms with Crippen molar-refractivity contribution in [2.45, 2.75) is 45.6 Å². The van der Waals surface area contributed by atoms with Gasteiger partial charge < -0.3 is 14.4 Å². The number of rotatable bonds is 3. The van der Waals surface area contributed by atoms with Crippen molar-refractivity contribution in [1.82, 2.24) is 4.90 Å². The highest BCUT2D eigenvalue weighted by Gasteiger charge is 2.26. The minimum atomic E-state index is -0.455. The van der Waals surface area contributed by atoms with Crippen LogP contribution < -0.4 is 0 Å². The lowest BCUT2D eigenvalue weighted by molar-refractivity contribution is -0.134. The molecule has 5 heteroatoms. The molecule has 0 saturated carbocycles. The molecule has 1 aliphatic carbocycles. The Labute approximate surface area is 156 Å². The Bertz CT molecular complexity index is 641. The molecule has 1 heterocycles. The van der Waals surface area contributed by atoms with Crippen molar-refractivity contribution in [1.29, 1.82) is 0 Å². The van der Waals surface area contributed by atoms with Crippen molar-refractivity contribution < 1.29 is 19.1 Å². The molecule has 0 bridgehead atoms. The molecule has 1 aliphatic heterocycles. The van der Waals surface area contributed by atoms with Gasteiger partial charge in [-0.2, -0.15) is 0 Å². The zero-order chi connectivity index (χ0) is 19.2. The van der Waals surface area contributed by atoms with Gasteiger partial charge in [-0.1, -0.05) is 24.3 Å². The van der Waals surface area contributed by atoms with Gasteiger partial charge in [0.2, 0.25) is 0 Å². The molecule has 0 radical (unpaired) electrons. The van der Waals surface area contributed by atoms with Gasteiger partial charge in [0.1, 0.15) is 5.60 Å². The summed E-state index contributed by atoms with van der Waals surface area (Å²) >= 11 is 0. The number of amides is 1. The van der Waals surface area contributed by atoms with Crippen LogP contribution in [-0.2, 0) is 14.3 Å². The van der Waals surface area contributed by atoms with Crippen LogP contribution in [0.15, 0.2) is 47.6 Å². The third-order valence-electron chi connectivity index (χ3n) is 4.27. The van der Waals surface area contributed by atoms with Gasteiger partial charge in [0, 0.05) is 19.2 Å². The average molecular weight is 359 g/mol. The number of carbonyl (C=O) groups excluding carboxylic acids is 2. The van der Waals surface area contributed by atoms with Crippen LogP contribution in [0, 0.1) is 5.92 Å². The first-order valence-corrected chi connectivity index (χ1v) is 9.10. The quantitative estimate of drug-likeness (QED) is 0.560. The molecule has 2 rings (SSSR count). The van der Waals surface area contributed by atoms with Crippen LogP contribution in [0.25, 0.3) is 0 Å². The maximum Gasteiger partial charge on any atom is 0.410 e. The normalized spacial score (nSPS) is 20.4. The number of nitrogens with zero attached hydrogens (tertiary/aromatic N) is 1. The third-order valence-corrected chi connectivity index (χ3v) is 4.27. The number of ether oxygens (including phenoxy) is 2. The number of esters is 1. The highest BCUT2D eigenvalue weighted by molar-refractivity contribution is 5.82. The van der Waals surface area contributed by atoms with Gasteiger partial charge in [-0.15, -0.1) is 0 Å². The molecule has 0 unspecified atom stereocenters. The van der Waals surface area contributed by atoms with Gasteiger partial charge in [-0.25, -0.2) is 9.59 Å². The summed E-state index contributed by atoms with van der Waals surface area (Å²) in [5.74, 6) is 0.0993. The summed E-state index contributed by atoms with van der Waals surface area (Å²) in [6.45, 7) is 7.10. The van der Waals surface area contributed by atoms with Gasteiger partial charge in [-0.3, -0.25) is 0 Å². The minimum absolute atomic E-state index is 0.223. The number of hydrogen-bond acceptors (Lipinski definition) is 4. The second kappa shape index (κ2) is 8.88. The minimum Gasteiger partial charge on any atom is -0.466 e. The zero-order valence-corrected chi connectivity index (χ0v) is 16.2. The molecule has 0 N–H and O–H groups in total. The predicted molar refractivity (Wildman–Crippen MR) is 102 cm³/mol. The molecule has 26 heavy (non-hydrogen) atoms. The van der Waals surface area contributed by atoms with Crippen LogP contribution >= 0.6 is 0 Å². The maximum atomic E-state index is 12.1. The first kappa shape index (κ1) is 20.0. The summed E-state index contributed by atoms with van der Waals surface area (Å²) in [6.07, 6.45) is 14.2. The second-order valence-electron chi connectivity index (χ2n) is 7.65. The molecule has 1 amide bonds. The van der Waals surface area contributed by atoms with E-state index >= 15 is 0 Å². The summed E-state index contributed by atoms with van der Waals surface area (Å²) < 4.78 is 10.1. The number of methoxy groups -OCH3 is 1. The van der Waals surface area contributed by atoms with Crippen molar-refractivity contribution in [2.24, 2.45) is 5.92 Å². The van der Waals surface area contributed by atoms with E-state index in [0.717, 1.165) is 37.9 Å². The van der Waals surface area contributed by atoms with E-state index in [-0.39, 0.29) is 12.1 Å². The van der Waals surface area contributed by atoms with E-state index in [1.165, 1.54) is 18.8 Å². The fourth-order valence-corrected chi connectivity index (χ4v) is 2.98. The monoisotopic (exact) mass is 359 g/mol. The molecule has 5 nitrogen and oxygen atoms in total. The van der Waals surface area contributed by atoms with Crippen LogP contribution in [0.5, 0.6) is 0 Å². The van der Waals surface area contributed by atoms with Crippen molar-refractivity contribution in [2.75, 3.05) is 20.2 Å². The number of hydrogen-bond donors (Lipinski definition) is 0. The number of likely N-dealkylation sites (tertiary alicyclic amines) is 1. The molecule has 0 aromatic rings. The molecular weight excluding hydrogens is 330 g/mol. The van der Waals surface area contributed by atoms with E-state index in [0.29, 0.717) is 5.92 Å². The van der Waals surface area contributed by atoms with Crippen LogP contribution in [0.4, 0.5) is 4.79 Å². The summed E-state index contributed by atoms with van der Waals surface area (Å²) in [6, 6.07) is 0. The SMILES string of the molecule is COC(=O)C=CC1=CC(=CC2CCN(C(=O)OC(C)(C)C)CC2)CC=C1. The number of piperidine rings is 1. The lowest BCUT2D eigenvalue weighted by Gasteiger charge is -2.32. The van der Waals surface area contributed by atoms with E-state index in [1.54, 1.807) is 11.0 Å². The van der Waals surface area contributed by atoms with Crippen LogP contribution in [-0.4, -0.2) is 42.8 Å². The smallest absolute Gasteiger partial charge is 0.410 e. The molecule has 1 saturated heterocycles. The van der Waals surface area contributed by atoms with Crippen molar-refractivity contribution >= 4 is 12.1 Å². The van der Waals surface area contributed by atoms with Gasteiger partial charge in [0.15, 0.2) is 0 Å². The van der Waals surface area contributed by atoms with Crippen molar-refractivity contribution in [3.63, 3.8) is 0 Å². The van der Waals surface area contributed by atoms with Gasteiger partial charge in [0.25, 0.3) is 0 Å². The van der Waals surface area contributed by atoms with E-state index in [9.17, 15) is 9.59 Å². The Morgan fingerprint density at radius 3 is 2.54 bits per heavy atom. The predicted octanol–water partition coefficient (Wildman–Crippen LogP) is 4.18. The fourth-order valence-electron chi connectivity index (χ4n) is 2.98. The summed E-state index contributed by atoms with van der Waals surface area (Å²) in [5.41, 5.74) is 1.77. The number of carbonyl (C=O) groups is 2. The standard InChI is InChI=1S/C21H29NO4/c1-21(2,3)26-20(24)22-12-10-17(11-13-22)15-18-7-5-6-16(14-18)8-9-19(23)25-4/h5-6,8-9,14-15,17H,7,10-13H2,1-4H3. The molecule has 0 atom stereocenters. The molecular formula is C21H29NO4. The Morgan fingerprint density at radius 2 is 1.92 bits per heavy atom. The molecule has 0 aromatic carbocycles. The van der Waals surface area contributed by atoms with Crippen LogP contribution in [0.2, 0.25) is 0 Å². The highest BCUT2D eigenvalue weighted by Crippen LogP contribution is 2.25. The van der Waals surface area contributed by atoms with Crippen molar-refractivity contribution in [3.05, 3.63) is 47.6 Å². The zero-order valence-electron chi connectivity index (χ0n) is 16.2. The Kier molecular flexibility index (Phi) is 6.83. The first-order valence-electron chi connectivity index (χ1n) is 9.10. The topological polar surface area (TPSA) is 55.8 Å². The largest absolute Gasteiger partial charge is 0.466 e. The van der Waals surface area contributed by atoms with E-state index in [4.69, 9.17) is 4.74 Å². The van der Waals surface area contributed by atoms with Gasteiger partial charge in [-0.05, 0) is 63.2 Å². The second-order valence-corrected chi connectivity index (χ2v) is 7.65. The van der Waals surface area contributed by atoms with E-state index in [2.05, 4.69) is 23.0 Å². The molecule has 0 spiro atoms. The summed E-state index contributed by atoms with van der Waals surface area (Å²) in [5, 5.41) is 0. The number of allylic oxidation sites excluding steroid dienone is 7. The van der Waals surface area contributed by atoms with E-state index in [1.807, 2.05) is 26.8 Å². The first-order chi connectivity index (χ1) is 12.3. The summed E-state index contributed by atoms with van der Waals surface area (Å²) in [7, 11) is 1.37. The average Bonchev–Trinajstić information content (AvgIpc) is 2.59. The molecule has 2 aliphatic rings. The Morgan fingerprint density at radius 1 is 1.23 bits per heavy atom. The van der Waals surface area contributed by atoms with Crippen molar-refractivity contribution in [3.8, 4) is 0 Å².